The third-order valence-corrected chi connectivity index (χ3v) is 3.05. The Bertz CT molecular complexity index is 734. The standard InChI is InChI=1S/C12H8Cl2F2N4O2/c13-6-1-2-7(8(14)5-6)10(17)19-22-11(21)9-3-4-18-20(9)12(15)16/h1-5,12H,(H2,17,19). The summed E-state index contributed by atoms with van der Waals surface area (Å²) < 4.78 is 25.4. The molecule has 1 aromatic carbocycles. The molecule has 22 heavy (non-hydrogen) atoms. The molecule has 1 aromatic heterocycles. The van der Waals surface area contributed by atoms with Crippen LogP contribution in [-0.4, -0.2) is 21.6 Å². The average molecular weight is 349 g/mol. The van der Waals surface area contributed by atoms with Gasteiger partial charge in [0.15, 0.2) is 11.5 Å². The molecule has 0 amide bonds. The second-order valence-electron chi connectivity index (χ2n) is 3.92. The number of nitrogens with two attached hydrogens (primary N) is 1. The highest BCUT2D eigenvalue weighted by Gasteiger charge is 2.19. The lowest BCUT2D eigenvalue weighted by atomic mass is 10.2. The van der Waals surface area contributed by atoms with Gasteiger partial charge in [-0.1, -0.05) is 28.4 Å². The highest BCUT2D eigenvalue weighted by molar-refractivity contribution is 6.36. The van der Waals surface area contributed by atoms with Crippen LogP contribution in [0.15, 0.2) is 35.6 Å². The summed E-state index contributed by atoms with van der Waals surface area (Å²) >= 11 is 11.6. The lowest BCUT2D eigenvalue weighted by Crippen LogP contribution is -2.17. The maximum absolute atomic E-state index is 12.6. The first-order valence-corrected chi connectivity index (χ1v) is 6.47. The summed E-state index contributed by atoms with van der Waals surface area (Å²) in [6.07, 6.45) is 1.03. The Morgan fingerprint density at radius 3 is 2.73 bits per heavy atom. The average Bonchev–Trinajstić information content (AvgIpc) is 2.94. The summed E-state index contributed by atoms with van der Waals surface area (Å²) in [5.41, 5.74) is 5.43. The number of hydrogen-bond donors (Lipinski definition) is 1. The van der Waals surface area contributed by atoms with E-state index >= 15 is 0 Å². The Labute approximate surface area is 133 Å². The molecule has 2 rings (SSSR count). The number of oxime groups is 1. The normalized spacial score (nSPS) is 11.8. The van der Waals surface area contributed by atoms with Crippen LogP contribution in [0, 0.1) is 0 Å². The van der Waals surface area contributed by atoms with E-state index in [0.717, 1.165) is 12.3 Å². The first-order chi connectivity index (χ1) is 10.4. The number of carbonyl (C=O) groups is 1. The Kier molecular flexibility index (Phi) is 4.94. The van der Waals surface area contributed by atoms with Crippen molar-refractivity contribution in [3.05, 3.63) is 51.8 Å². The SMILES string of the molecule is N/C(=N\OC(=O)c1ccnn1C(F)F)c1ccc(Cl)cc1Cl. The quantitative estimate of drug-likeness (QED) is 0.398. The smallest absolute Gasteiger partial charge is 0.380 e. The van der Waals surface area contributed by atoms with Crippen molar-refractivity contribution in [2.24, 2.45) is 10.9 Å². The minimum atomic E-state index is -2.98. The fraction of sp³-hybridized carbons (Fsp3) is 0.0833. The Morgan fingerprint density at radius 2 is 2.09 bits per heavy atom. The molecule has 0 saturated carbocycles. The van der Waals surface area contributed by atoms with Crippen molar-refractivity contribution >= 4 is 35.0 Å². The zero-order valence-electron chi connectivity index (χ0n) is 10.7. The molecule has 0 aliphatic carbocycles. The molecule has 0 aliphatic heterocycles. The van der Waals surface area contributed by atoms with Crippen LogP contribution >= 0.6 is 23.2 Å². The van der Waals surface area contributed by atoms with Gasteiger partial charge in [0, 0.05) is 10.6 Å². The number of halogens is 4. The van der Waals surface area contributed by atoms with Crippen molar-refractivity contribution in [2.75, 3.05) is 0 Å². The van der Waals surface area contributed by atoms with Gasteiger partial charge in [-0.05, 0) is 24.3 Å². The van der Waals surface area contributed by atoms with E-state index in [1.54, 1.807) is 0 Å². The van der Waals surface area contributed by atoms with Crippen molar-refractivity contribution in [1.82, 2.24) is 9.78 Å². The molecule has 6 nitrogen and oxygen atoms in total. The molecule has 0 bridgehead atoms. The lowest BCUT2D eigenvalue weighted by molar-refractivity contribution is 0.0350. The van der Waals surface area contributed by atoms with E-state index in [2.05, 4.69) is 15.1 Å². The highest BCUT2D eigenvalue weighted by Crippen LogP contribution is 2.21. The summed E-state index contributed by atoms with van der Waals surface area (Å²) in [7, 11) is 0. The van der Waals surface area contributed by atoms with Crippen molar-refractivity contribution in [1.29, 1.82) is 0 Å². The predicted octanol–water partition coefficient (Wildman–Crippen LogP) is 3.06. The van der Waals surface area contributed by atoms with Gasteiger partial charge in [-0.2, -0.15) is 18.6 Å². The van der Waals surface area contributed by atoms with E-state index in [1.165, 1.54) is 18.2 Å². The highest BCUT2D eigenvalue weighted by atomic mass is 35.5. The summed E-state index contributed by atoms with van der Waals surface area (Å²) in [5, 5.41) is 7.25. The van der Waals surface area contributed by atoms with Gasteiger partial charge < -0.3 is 10.6 Å². The Hall–Kier alpha value is -2.19. The molecular formula is C12H8Cl2F2N4O2. The molecule has 0 radical (unpaired) electrons. The molecule has 0 saturated heterocycles. The monoisotopic (exact) mass is 348 g/mol. The summed E-state index contributed by atoms with van der Waals surface area (Å²) in [4.78, 5) is 16.2. The van der Waals surface area contributed by atoms with Gasteiger partial charge in [0.2, 0.25) is 0 Å². The predicted molar refractivity (Wildman–Crippen MR) is 76.1 cm³/mol. The molecule has 2 aromatic rings. The molecule has 1 heterocycles. The number of rotatable bonds is 4. The van der Waals surface area contributed by atoms with E-state index in [4.69, 9.17) is 28.9 Å². The molecular weight excluding hydrogens is 341 g/mol. The number of nitrogens with zero attached hydrogens (tertiary/aromatic N) is 3. The maximum atomic E-state index is 12.6. The van der Waals surface area contributed by atoms with Crippen molar-refractivity contribution in [3.63, 3.8) is 0 Å². The van der Waals surface area contributed by atoms with Crippen molar-refractivity contribution < 1.29 is 18.4 Å². The van der Waals surface area contributed by atoms with Gasteiger partial charge in [-0.25, -0.2) is 4.79 Å². The Balaban J connectivity index is 2.16. The summed E-state index contributed by atoms with van der Waals surface area (Å²) in [5.74, 6) is -1.34. The zero-order valence-corrected chi connectivity index (χ0v) is 12.2. The molecule has 0 aliphatic rings. The van der Waals surface area contributed by atoms with Gasteiger partial charge in [-0.3, -0.25) is 0 Å². The fourth-order valence-electron chi connectivity index (χ4n) is 1.52. The van der Waals surface area contributed by atoms with E-state index in [1.807, 2.05) is 0 Å². The number of benzene rings is 1. The van der Waals surface area contributed by atoms with Gasteiger partial charge in [0.1, 0.15) is 0 Å². The first-order valence-electron chi connectivity index (χ1n) is 5.72. The second-order valence-corrected chi connectivity index (χ2v) is 4.76. The van der Waals surface area contributed by atoms with E-state index in [0.29, 0.717) is 5.02 Å². The van der Waals surface area contributed by atoms with E-state index in [-0.39, 0.29) is 21.1 Å². The van der Waals surface area contributed by atoms with Crippen molar-refractivity contribution in [2.45, 2.75) is 6.55 Å². The minimum Gasteiger partial charge on any atom is -0.380 e. The van der Waals surface area contributed by atoms with Gasteiger partial charge in [-0.15, -0.1) is 0 Å². The number of alkyl halides is 2. The number of aromatic nitrogens is 2. The van der Waals surface area contributed by atoms with Crippen LogP contribution in [0.4, 0.5) is 8.78 Å². The largest absolute Gasteiger partial charge is 0.383 e. The first kappa shape index (κ1) is 16.2. The van der Waals surface area contributed by atoms with E-state index in [9.17, 15) is 13.6 Å². The van der Waals surface area contributed by atoms with Gasteiger partial charge in [0.05, 0.1) is 11.2 Å². The van der Waals surface area contributed by atoms with Crippen LogP contribution < -0.4 is 5.73 Å². The van der Waals surface area contributed by atoms with Crippen LogP contribution in [0.3, 0.4) is 0 Å². The van der Waals surface area contributed by atoms with Crippen LogP contribution in [0.25, 0.3) is 0 Å². The zero-order chi connectivity index (χ0) is 16.3. The Morgan fingerprint density at radius 1 is 1.36 bits per heavy atom. The van der Waals surface area contributed by atoms with Gasteiger partial charge >= 0.3 is 12.5 Å². The molecule has 10 heteroatoms. The molecule has 2 N–H and O–H groups in total. The third kappa shape index (κ3) is 3.52. The molecule has 0 unspecified atom stereocenters. The molecule has 116 valence electrons. The minimum absolute atomic E-state index is 0.197. The maximum Gasteiger partial charge on any atom is 0.383 e. The van der Waals surface area contributed by atoms with Crippen LogP contribution in [0.5, 0.6) is 0 Å². The summed E-state index contributed by atoms with van der Waals surface area (Å²) in [6, 6.07) is 5.48. The van der Waals surface area contributed by atoms with Crippen LogP contribution in [0.2, 0.25) is 10.0 Å². The van der Waals surface area contributed by atoms with Crippen LogP contribution in [-0.2, 0) is 4.84 Å². The van der Waals surface area contributed by atoms with E-state index < -0.39 is 18.2 Å². The molecule has 0 atom stereocenters. The van der Waals surface area contributed by atoms with Gasteiger partial charge in [0.25, 0.3) is 0 Å². The lowest BCUT2D eigenvalue weighted by Gasteiger charge is -2.05. The topological polar surface area (TPSA) is 82.5 Å². The number of amidine groups is 1. The number of hydrogen-bond acceptors (Lipinski definition) is 4. The summed E-state index contributed by atoms with van der Waals surface area (Å²) in [6.45, 7) is -2.98. The third-order valence-electron chi connectivity index (χ3n) is 2.50. The number of carbonyl (C=O) groups excluding carboxylic acids is 1. The van der Waals surface area contributed by atoms with Crippen molar-refractivity contribution in [3.8, 4) is 0 Å². The fourth-order valence-corrected chi connectivity index (χ4v) is 2.02. The van der Waals surface area contributed by atoms with Crippen LogP contribution in [0.1, 0.15) is 22.6 Å². The second kappa shape index (κ2) is 6.71. The molecule has 0 spiro atoms. The molecule has 0 fully saturated rings.